The fraction of sp³-hybridized carbons (Fsp3) is 0.235. The van der Waals surface area contributed by atoms with E-state index < -0.39 is 22.5 Å². The number of carbonyl (C=O) groups excluding carboxylic acids is 1. The van der Waals surface area contributed by atoms with E-state index in [9.17, 15) is 13.2 Å². The number of ether oxygens (including phenoxy) is 1. The number of nitrogens with zero attached hydrogens (tertiary/aromatic N) is 1. The van der Waals surface area contributed by atoms with Gasteiger partial charge in [0, 0.05) is 15.7 Å². The van der Waals surface area contributed by atoms with Crippen molar-refractivity contribution in [2.24, 2.45) is 0 Å². The van der Waals surface area contributed by atoms with Gasteiger partial charge in [-0.3, -0.25) is 9.10 Å². The number of halogens is 2. The molecule has 0 bridgehead atoms. The van der Waals surface area contributed by atoms with Crippen LogP contribution in [0.2, 0.25) is 10.0 Å². The summed E-state index contributed by atoms with van der Waals surface area (Å²) in [4.78, 5) is 12.4. The monoisotopic (exact) mass is 416 g/mol. The fourth-order valence-electron chi connectivity index (χ4n) is 2.28. The molecule has 26 heavy (non-hydrogen) atoms. The number of para-hydroxylation sites is 2. The summed E-state index contributed by atoms with van der Waals surface area (Å²) in [5.41, 5.74) is 0.662. The molecule has 0 saturated heterocycles. The second-order valence-electron chi connectivity index (χ2n) is 5.38. The van der Waals surface area contributed by atoms with Crippen LogP contribution in [0.4, 0.5) is 11.4 Å². The first-order valence-corrected chi connectivity index (χ1v) is 10.3. The van der Waals surface area contributed by atoms with Gasteiger partial charge in [-0.25, -0.2) is 8.42 Å². The molecule has 0 saturated carbocycles. The molecule has 140 valence electrons. The third-order valence-corrected chi connectivity index (χ3v) is 4.83. The summed E-state index contributed by atoms with van der Waals surface area (Å²) in [7, 11) is -3.72. The SMILES string of the molecule is CCOc1ccccc1N(CC(=O)Nc1cc(Cl)cc(Cl)c1)S(C)(=O)=O. The second-order valence-corrected chi connectivity index (χ2v) is 8.16. The Bertz CT molecular complexity index is 883. The Labute approximate surface area is 162 Å². The molecular formula is C17H18Cl2N2O4S. The van der Waals surface area contributed by atoms with E-state index in [1.165, 1.54) is 18.2 Å². The third-order valence-electron chi connectivity index (χ3n) is 3.27. The number of rotatable bonds is 7. The van der Waals surface area contributed by atoms with Crippen LogP contribution in [-0.4, -0.2) is 33.7 Å². The Morgan fingerprint density at radius 1 is 1.15 bits per heavy atom. The van der Waals surface area contributed by atoms with Crippen LogP contribution in [0.1, 0.15) is 6.92 Å². The van der Waals surface area contributed by atoms with Crippen molar-refractivity contribution >= 4 is 50.5 Å². The van der Waals surface area contributed by atoms with Crippen molar-refractivity contribution in [2.75, 3.05) is 29.0 Å². The average Bonchev–Trinajstić information content (AvgIpc) is 2.51. The minimum Gasteiger partial charge on any atom is -0.492 e. The van der Waals surface area contributed by atoms with Crippen molar-refractivity contribution in [3.8, 4) is 5.75 Å². The maximum absolute atomic E-state index is 12.4. The number of amides is 1. The van der Waals surface area contributed by atoms with E-state index in [0.29, 0.717) is 28.1 Å². The van der Waals surface area contributed by atoms with Gasteiger partial charge in [0.2, 0.25) is 15.9 Å². The number of hydrogen-bond donors (Lipinski definition) is 1. The van der Waals surface area contributed by atoms with E-state index in [1.54, 1.807) is 31.2 Å². The predicted octanol–water partition coefficient (Wildman–Crippen LogP) is 3.80. The predicted molar refractivity (Wildman–Crippen MR) is 105 cm³/mol. The van der Waals surface area contributed by atoms with Crippen molar-refractivity contribution in [1.29, 1.82) is 0 Å². The summed E-state index contributed by atoms with van der Waals surface area (Å²) in [5.74, 6) is -0.168. The third kappa shape index (κ3) is 5.52. The number of sulfonamides is 1. The van der Waals surface area contributed by atoms with Crippen molar-refractivity contribution in [2.45, 2.75) is 6.92 Å². The van der Waals surface area contributed by atoms with Gasteiger partial charge in [-0.15, -0.1) is 0 Å². The molecule has 0 spiro atoms. The number of benzene rings is 2. The van der Waals surface area contributed by atoms with Gasteiger partial charge in [-0.05, 0) is 37.3 Å². The molecule has 0 aliphatic rings. The molecule has 2 rings (SSSR count). The zero-order valence-corrected chi connectivity index (χ0v) is 16.5. The topological polar surface area (TPSA) is 75.7 Å². The maximum atomic E-state index is 12.4. The Morgan fingerprint density at radius 3 is 2.35 bits per heavy atom. The molecule has 9 heteroatoms. The van der Waals surface area contributed by atoms with E-state index in [1.807, 2.05) is 0 Å². The van der Waals surface area contributed by atoms with Crippen molar-refractivity contribution < 1.29 is 17.9 Å². The van der Waals surface area contributed by atoms with Gasteiger partial charge in [0.1, 0.15) is 12.3 Å². The van der Waals surface area contributed by atoms with Crippen LogP contribution in [-0.2, 0) is 14.8 Å². The number of nitrogens with one attached hydrogen (secondary N) is 1. The van der Waals surface area contributed by atoms with Crippen LogP contribution < -0.4 is 14.4 Å². The standard InChI is InChI=1S/C17H18Cl2N2O4S/c1-3-25-16-7-5-4-6-15(16)21(26(2,23)24)11-17(22)20-14-9-12(18)8-13(19)10-14/h4-10H,3,11H2,1-2H3,(H,20,22). The van der Waals surface area contributed by atoms with Crippen molar-refractivity contribution in [1.82, 2.24) is 0 Å². The van der Waals surface area contributed by atoms with Crippen LogP contribution in [0.25, 0.3) is 0 Å². The lowest BCUT2D eigenvalue weighted by molar-refractivity contribution is -0.114. The highest BCUT2D eigenvalue weighted by Crippen LogP contribution is 2.30. The van der Waals surface area contributed by atoms with Gasteiger partial charge in [-0.1, -0.05) is 35.3 Å². The van der Waals surface area contributed by atoms with Crippen LogP contribution in [0.5, 0.6) is 5.75 Å². The Kier molecular flexibility index (Phi) is 6.75. The Balaban J connectivity index is 2.28. The van der Waals surface area contributed by atoms with E-state index in [4.69, 9.17) is 27.9 Å². The van der Waals surface area contributed by atoms with Crippen LogP contribution in [0, 0.1) is 0 Å². The van der Waals surface area contributed by atoms with Crippen LogP contribution in [0.3, 0.4) is 0 Å². The summed E-state index contributed by atoms with van der Waals surface area (Å²) in [5, 5.41) is 3.30. The maximum Gasteiger partial charge on any atom is 0.245 e. The minimum absolute atomic E-state index is 0.288. The molecule has 0 heterocycles. The molecule has 0 aliphatic heterocycles. The highest BCUT2D eigenvalue weighted by molar-refractivity contribution is 7.92. The fourth-order valence-corrected chi connectivity index (χ4v) is 3.66. The normalized spacial score (nSPS) is 11.1. The Morgan fingerprint density at radius 2 is 1.77 bits per heavy atom. The first-order chi connectivity index (χ1) is 12.2. The molecular weight excluding hydrogens is 399 g/mol. The summed E-state index contributed by atoms with van der Waals surface area (Å²) in [6, 6.07) is 11.2. The number of hydrogen-bond acceptors (Lipinski definition) is 4. The molecule has 1 N–H and O–H groups in total. The average molecular weight is 417 g/mol. The zero-order chi connectivity index (χ0) is 19.3. The molecule has 6 nitrogen and oxygen atoms in total. The molecule has 1 amide bonds. The number of carbonyl (C=O) groups is 1. The minimum atomic E-state index is -3.72. The van der Waals surface area contributed by atoms with E-state index in [0.717, 1.165) is 10.6 Å². The van der Waals surface area contributed by atoms with Gasteiger partial charge < -0.3 is 10.1 Å². The molecule has 0 aromatic heterocycles. The van der Waals surface area contributed by atoms with E-state index in [2.05, 4.69) is 5.32 Å². The largest absolute Gasteiger partial charge is 0.492 e. The highest BCUT2D eigenvalue weighted by atomic mass is 35.5. The molecule has 0 unspecified atom stereocenters. The van der Waals surface area contributed by atoms with E-state index in [-0.39, 0.29) is 5.69 Å². The lowest BCUT2D eigenvalue weighted by Gasteiger charge is -2.24. The van der Waals surface area contributed by atoms with Gasteiger partial charge >= 0.3 is 0 Å². The first kappa shape index (κ1) is 20.4. The van der Waals surface area contributed by atoms with Gasteiger partial charge in [0.25, 0.3) is 0 Å². The summed E-state index contributed by atoms with van der Waals surface area (Å²) >= 11 is 11.8. The molecule has 0 radical (unpaired) electrons. The summed E-state index contributed by atoms with van der Waals surface area (Å²) in [6.45, 7) is 1.73. The van der Waals surface area contributed by atoms with Crippen LogP contribution in [0.15, 0.2) is 42.5 Å². The molecule has 2 aromatic rings. The zero-order valence-electron chi connectivity index (χ0n) is 14.2. The summed E-state index contributed by atoms with van der Waals surface area (Å²) < 4.78 is 30.9. The lowest BCUT2D eigenvalue weighted by atomic mass is 10.3. The molecule has 2 aromatic carbocycles. The molecule has 0 aliphatic carbocycles. The van der Waals surface area contributed by atoms with Crippen molar-refractivity contribution in [3.05, 3.63) is 52.5 Å². The van der Waals surface area contributed by atoms with E-state index >= 15 is 0 Å². The molecule has 0 fully saturated rings. The van der Waals surface area contributed by atoms with Crippen LogP contribution >= 0.6 is 23.2 Å². The van der Waals surface area contributed by atoms with Gasteiger partial charge in [0.05, 0.1) is 18.6 Å². The summed E-state index contributed by atoms with van der Waals surface area (Å²) in [6.07, 6.45) is 1.03. The quantitative estimate of drug-likeness (QED) is 0.744. The highest BCUT2D eigenvalue weighted by Gasteiger charge is 2.24. The van der Waals surface area contributed by atoms with Gasteiger partial charge in [-0.2, -0.15) is 0 Å². The lowest BCUT2D eigenvalue weighted by Crippen LogP contribution is -2.37. The number of anilines is 2. The van der Waals surface area contributed by atoms with Crippen molar-refractivity contribution in [3.63, 3.8) is 0 Å². The smallest absolute Gasteiger partial charge is 0.245 e. The molecule has 0 atom stereocenters. The first-order valence-electron chi connectivity index (χ1n) is 7.66. The second kappa shape index (κ2) is 8.62. The van der Waals surface area contributed by atoms with Gasteiger partial charge in [0.15, 0.2) is 0 Å². The Hall–Kier alpha value is -1.96.